The summed E-state index contributed by atoms with van der Waals surface area (Å²) in [5, 5.41) is 9.41. The Morgan fingerprint density at radius 3 is 2.58 bits per heavy atom. The third-order valence-electron chi connectivity index (χ3n) is 5.15. The van der Waals surface area contributed by atoms with Gasteiger partial charge in [-0.3, -0.25) is 4.79 Å². The normalized spacial score (nSPS) is 15.3. The number of nitrogens with one attached hydrogen (secondary N) is 1. The maximum Gasteiger partial charge on any atom is 0.266 e. The maximum atomic E-state index is 13.9. The van der Waals surface area contributed by atoms with Gasteiger partial charge in [0.25, 0.3) is 5.89 Å². The molecular formula is C21H20FN5O5S. The number of piperazine rings is 1. The van der Waals surface area contributed by atoms with Gasteiger partial charge in [-0.1, -0.05) is 12.1 Å². The number of hydrogen-bond donors (Lipinski definition) is 1. The second-order valence-electron chi connectivity index (χ2n) is 7.35. The molecule has 3 heterocycles. The van der Waals surface area contributed by atoms with Crippen LogP contribution in [0, 0.1) is 17.1 Å². The van der Waals surface area contributed by atoms with E-state index in [0.29, 0.717) is 18.8 Å². The molecule has 0 unspecified atom stereocenters. The minimum Gasteiger partial charge on any atom is -0.459 e. The molecule has 0 spiro atoms. The van der Waals surface area contributed by atoms with E-state index in [9.17, 15) is 22.9 Å². The Labute approximate surface area is 189 Å². The van der Waals surface area contributed by atoms with Crippen molar-refractivity contribution in [2.45, 2.75) is 17.9 Å². The lowest BCUT2D eigenvalue weighted by Gasteiger charge is -2.35. The van der Waals surface area contributed by atoms with Crippen LogP contribution in [0.1, 0.15) is 12.6 Å². The van der Waals surface area contributed by atoms with Crippen LogP contribution >= 0.6 is 0 Å². The highest BCUT2D eigenvalue weighted by atomic mass is 32.2. The Hall–Kier alpha value is -3.69. The Balaban J connectivity index is 1.40. The van der Waals surface area contributed by atoms with Crippen molar-refractivity contribution < 1.29 is 26.4 Å². The van der Waals surface area contributed by atoms with Gasteiger partial charge in [-0.05, 0) is 31.2 Å². The van der Waals surface area contributed by atoms with Gasteiger partial charge in [0.05, 0.1) is 12.3 Å². The fourth-order valence-corrected chi connectivity index (χ4v) is 4.79. The van der Waals surface area contributed by atoms with Crippen LogP contribution in [-0.4, -0.2) is 56.4 Å². The monoisotopic (exact) mass is 473 g/mol. The van der Waals surface area contributed by atoms with Gasteiger partial charge in [-0.25, -0.2) is 12.8 Å². The highest BCUT2D eigenvalue weighted by molar-refractivity contribution is 7.89. The Kier molecular flexibility index (Phi) is 6.17. The number of rotatable bonds is 6. The van der Waals surface area contributed by atoms with E-state index < -0.39 is 32.7 Å². The number of amides is 1. The molecular weight excluding hydrogens is 453 g/mol. The Morgan fingerprint density at radius 1 is 1.21 bits per heavy atom. The van der Waals surface area contributed by atoms with Crippen molar-refractivity contribution in [2.75, 3.05) is 31.1 Å². The first kappa shape index (κ1) is 22.5. The zero-order valence-corrected chi connectivity index (χ0v) is 18.4. The first-order chi connectivity index (χ1) is 15.8. The van der Waals surface area contributed by atoms with Gasteiger partial charge in [0, 0.05) is 26.2 Å². The number of carbonyl (C=O) groups is 1. The van der Waals surface area contributed by atoms with Gasteiger partial charge in [-0.2, -0.15) is 15.0 Å². The molecule has 1 N–H and O–H groups in total. The minimum absolute atomic E-state index is 0.104. The molecule has 33 heavy (non-hydrogen) atoms. The molecule has 1 aliphatic heterocycles. The summed E-state index contributed by atoms with van der Waals surface area (Å²) in [6.07, 6.45) is 1.47. The number of hydrogen-bond acceptors (Lipinski definition) is 8. The van der Waals surface area contributed by atoms with E-state index in [4.69, 9.17) is 8.83 Å². The van der Waals surface area contributed by atoms with E-state index in [-0.39, 0.29) is 30.6 Å². The Bertz CT molecular complexity index is 1290. The van der Waals surface area contributed by atoms with Gasteiger partial charge < -0.3 is 18.6 Å². The van der Waals surface area contributed by atoms with E-state index in [0.717, 1.165) is 12.1 Å². The molecule has 0 radical (unpaired) electrons. The maximum absolute atomic E-state index is 13.9. The summed E-state index contributed by atoms with van der Waals surface area (Å²) in [7, 11) is -4.21. The van der Waals surface area contributed by atoms with E-state index in [2.05, 4.69) is 9.71 Å². The second kappa shape index (κ2) is 9.05. The van der Waals surface area contributed by atoms with Gasteiger partial charge in [0.2, 0.25) is 27.5 Å². The highest BCUT2D eigenvalue weighted by Gasteiger charge is 2.31. The predicted molar refractivity (Wildman–Crippen MR) is 114 cm³/mol. The van der Waals surface area contributed by atoms with Gasteiger partial charge in [-0.15, -0.1) is 0 Å². The lowest BCUT2D eigenvalue weighted by molar-refractivity contribution is -0.132. The van der Waals surface area contributed by atoms with Crippen LogP contribution in [0.4, 0.5) is 10.3 Å². The molecule has 10 nitrogen and oxygen atoms in total. The highest BCUT2D eigenvalue weighted by Crippen LogP contribution is 2.29. The van der Waals surface area contributed by atoms with E-state index in [1.165, 1.54) is 30.2 Å². The third kappa shape index (κ3) is 4.59. The SMILES string of the molecule is C[C@H](NS(=O)(=O)c1ccccc1F)C(=O)N1CCN(c2oc(-c3ccco3)nc2C#N)CC1. The van der Waals surface area contributed by atoms with E-state index in [1.807, 2.05) is 6.07 Å². The smallest absolute Gasteiger partial charge is 0.266 e. The number of furan rings is 1. The van der Waals surface area contributed by atoms with Crippen LogP contribution in [0.3, 0.4) is 0 Å². The molecule has 1 fully saturated rings. The molecule has 3 aromatic rings. The molecule has 1 aromatic carbocycles. The van der Waals surface area contributed by atoms with Crippen molar-refractivity contribution in [1.29, 1.82) is 5.26 Å². The fraction of sp³-hybridized carbons (Fsp3) is 0.286. The molecule has 172 valence electrons. The first-order valence-corrected chi connectivity index (χ1v) is 11.5. The molecule has 1 atom stereocenters. The van der Waals surface area contributed by atoms with Gasteiger partial charge in [0.15, 0.2) is 5.76 Å². The topological polar surface area (TPSA) is 133 Å². The van der Waals surface area contributed by atoms with Crippen molar-refractivity contribution in [1.82, 2.24) is 14.6 Å². The number of aromatic nitrogens is 1. The molecule has 1 amide bonds. The summed E-state index contributed by atoms with van der Waals surface area (Å²) >= 11 is 0. The van der Waals surface area contributed by atoms with Crippen LogP contribution in [-0.2, 0) is 14.8 Å². The van der Waals surface area contributed by atoms with Crippen LogP contribution in [0.15, 0.2) is 56.4 Å². The number of anilines is 1. The number of sulfonamides is 1. The molecule has 4 rings (SSSR count). The fourth-order valence-electron chi connectivity index (χ4n) is 3.52. The van der Waals surface area contributed by atoms with Crippen molar-refractivity contribution in [3.8, 4) is 17.7 Å². The van der Waals surface area contributed by atoms with Crippen molar-refractivity contribution >= 4 is 21.8 Å². The number of benzene rings is 1. The number of oxazole rings is 1. The number of carbonyl (C=O) groups excluding carboxylic acids is 1. The molecule has 1 aliphatic rings. The quantitative estimate of drug-likeness (QED) is 0.575. The summed E-state index contributed by atoms with van der Waals surface area (Å²) in [6.45, 7) is 2.64. The summed E-state index contributed by atoms with van der Waals surface area (Å²) < 4.78 is 52.0. The van der Waals surface area contributed by atoms with Crippen LogP contribution < -0.4 is 9.62 Å². The number of nitriles is 1. The van der Waals surface area contributed by atoms with Crippen molar-refractivity contribution in [2.24, 2.45) is 0 Å². The average Bonchev–Trinajstić information content (AvgIpc) is 3.48. The zero-order valence-electron chi connectivity index (χ0n) is 17.6. The molecule has 12 heteroatoms. The number of nitrogens with zero attached hydrogens (tertiary/aromatic N) is 4. The van der Waals surface area contributed by atoms with Crippen molar-refractivity contribution in [3.05, 3.63) is 54.2 Å². The predicted octanol–water partition coefficient (Wildman–Crippen LogP) is 1.96. The van der Waals surface area contributed by atoms with Gasteiger partial charge >= 0.3 is 0 Å². The molecule has 0 aliphatic carbocycles. The number of halogens is 1. The Morgan fingerprint density at radius 2 is 1.94 bits per heavy atom. The largest absolute Gasteiger partial charge is 0.459 e. The van der Waals surface area contributed by atoms with Crippen molar-refractivity contribution in [3.63, 3.8) is 0 Å². The molecule has 1 saturated heterocycles. The van der Waals surface area contributed by atoms with Crippen LogP contribution in [0.2, 0.25) is 0 Å². The zero-order chi connectivity index (χ0) is 23.6. The lowest BCUT2D eigenvalue weighted by Crippen LogP contribution is -2.54. The summed E-state index contributed by atoms with van der Waals surface area (Å²) in [6, 6.07) is 9.20. The van der Waals surface area contributed by atoms with E-state index >= 15 is 0 Å². The van der Waals surface area contributed by atoms with Crippen LogP contribution in [0.5, 0.6) is 0 Å². The first-order valence-electron chi connectivity index (χ1n) is 10.1. The standard InChI is InChI=1S/C21H20FN5O5S/c1-14(25-33(29,30)18-7-3-2-5-15(18)22)20(28)26-8-10-27(11-9-26)21-16(13-23)24-19(32-21)17-6-4-12-31-17/h2-7,12,14,25H,8-11H2,1H3/t14-/m0/s1. The van der Waals surface area contributed by atoms with Gasteiger partial charge in [0.1, 0.15) is 16.8 Å². The minimum atomic E-state index is -4.21. The second-order valence-corrected chi connectivity index (χ2v) is 9.03. The third-order valence-corrected chi connectivity index (χ3v) is 6.73. The molecule has 0 bridgehead atoms. The van der Waals surface area contributed by atoms with E-state index in [1.54, 1.807) is 17.0 Å². The molecule has 2 aromatic heterocycles. The van der Waals surface area contributed by atoms with Crippen LogP contribution in [0.25, 0.3) is 11.7 Å². The summed E-state index contributed by atoms with van der Waals surface area (Å²) in [5.74, 6) is -0.482. The summed E-state index contributed by atoms with van der Waals surface area (Å²) in [5.41, 5.74) is 0.104. The average molecular weight is 473 g/mol. The summed E-state index contributed by atoms with van der Waals surface area (Å²) in [4.78, 5) is 19.7. The molecule has 0 saturated carbocycles. The lowest BCUT2D eigenvalue weighted by atomic mass is 10.2.